The van der Waals surface area contributed by atoms with E-state index >= 15 is 0 Å². The summed E-state index contributed by atoms with van der Waals surface area (Å²) in [7, 11) is 0. The third-order valence-corrected chi connectivity index (χ3v) is 3.46. The third-order valence-electron chi connectivity index (χ3n) is 3.17. The molecular weight excluding hydrogens is 298 g/mol. The van der Waals surface area contributed by atoms with E-state index in [2.05, 4.69) is 12.2 Å². The van der Waals surface area contributed by atoms with Crippen LogP contribution in [0.1, 0.15) is 6.23 Å². The number of hydrogen-bond donors (Lipinski definition) is 4. The summed E-state index contributed by atoms with van der Waals surface area (Å²) < 4.78 is 31.6. The second-order valence-corrected chi connectivity index (χ2v) is 4.83. The molecule has 1 aromatic heterocycles. The first-order chi connectivity index (χ1) is 9.35. The Labute approximate surface area is 116 Å². The van der Waals surface area contributed by atoms with Crippen LogP contribution >= 0.6 is 12.2 Å². The molecule has 0 aliphatic carbocycles. The summed E-state index contributed by atoms with van der Waals surface area (Å²) in [6.45, 7) is -2.17. The summed E-state index contributed by atoms with van der Waals surface area (Å²) in [5, 5.41) is 28.8. The maximum atomic E-state index is 13.4. The molecule has 1 saturated heterocycles. The molecule has 2 rings (SSSR count). The van der Waals surface area contributed by atoms with Crippen LogP contribution in [0.4, 0.5) is 8.78 Å². The zero-order chi connectivity index (χ0) is 15.1. The number of aliphatic hydroxyl groups excluding tert-OH is 2. The van der Waals surface area contributed by atoms with Crippen molar-refractivity contribution in [2.75, 3.05) is 13.3 Å². The summed E-state index contributed by atoms with van der Waals surface area (Å²) in [5.74, 6) is -0.980. The summed E-state index contributed by atoms with van der Waals surface area (Å²) in [4.78, 5) is 13.7. The number of nitrogens with zero attached hydrogens (tertiary/aromatic N) is 1. The predicted octanol–water partition coefficient (Wildman–Crippen LogP) is -1.00. The van der Waals surface area contributed by atoms with Gasteiger partial charge in [0.2, 0.25) is 0 Å². The highest BCUT2D eigenvalue weighted by atomic mass is 32.1. The molecule has 10 heteroatoms. The molecule has 0 amide bonds. The van der Waals surface area contributed by atoms with Crippen molar-refractivity contribution in [2.45, 2.75) is 24.0 Å². The maximum Gasteiger partial charge on any atom is 0.328 e. The number of rotatable bonds is 3. The molecule has 0 spiro atoms. The fraction of sp³-hybridized carbons (Fsp3) is 0.600. The van der Waals surface area contributed by atoms with Crippen LogP contribution in [0.3, 0.4) is 0 Å². The minimum Gasteiger partial charge on any atom is -0.394 e. The van der Waals surface area contributed by atoms with E-state index in [4.69, 9.17) is 9.84 Å². The molecule has 1 aromatic rings. The van der Waals surface area contributed by atoms with Gasteiger partial charge in [0.1, 0.15) is 23.5 Å². The van der Waals surface area contributed by atoms with Gasteiger partial charge in [0.05, 0.1) is 12.8 Å². The normalized spacial score (nSPS) is 33.5. The Kier molecular flexibility index (Phi) is 4.02. The van der Waals surface area contributed by atoms with Crippen LogP contribution in [0.5, 0.6) is 0 Å². The maximum absolute atomic E-state index is 13.4. The van der Waals surface area contributed by atoms with Crippen LogP contribution < -0.4 is 5.69 Å². The molecule has 1 aliphatic heterocycles. The molecule has 1 fully saturated rings. The van der Waals surface area contributed by atoms with Crippen molar-refractivity contribution in [3.8, 4) is 0 Å². The quantitative estimate of drug-likeness (QED) is 0.533. The highest BCUT2D eigenvalue weighted by molar-refractivity contribution is 7.71. The number of aliphatic hydroxyl groups is 3. The van der Waals surface area contributed by atoms with Crippen molar-refractivity contribution >= 4 is 12.2 Å². The monoisotopic (exact) mass is 310 g/mol. The average molecular weight is 310 g/mol. The number of halogens is 2. The molecule has 1 aliphatic rings. The average Bonchev–Trinajstić information content (AvgIpc) is 2.67. The molecule has 1 unspecified atom stereocenters. The number of nitrogens with one attached hydrogen (secondary N) is 1. The zero-order valence-corrected chi connectivity index (χ0v) is 10.8. The Balaban J connectivity index is 2.54. The first-order valence-corrected chi connectivity index (χ1v) is 5.99. The van der Waals surface area contributed by atoms with Gasteiger partial charge >= 0.3 is 5.69 Å². The first kappa shape index (κ1) is 15.2. The Morgan fingerprint density at radius 3 is 2.80 bits per heavy atom. The van der Waals surface area contributed by atoms with Crippen molar-refractivity contribution in [2.24, 2.45) is 0 Å². The number of H-pyrrole nitrogens is 1. The molecule has 112 valence electrons. The minimum absolute atomic E-state index is 0.452. The van der Waals surface area contributed by atoms with Gasteiger partial charge in [-0.15, -0.1) is 0 Å². The lowest BCUT2D eigenvalue weighted by Crippen LogP contribution is -2.50. The topological polar surface area (TPSA) is 108 Å². The van der Waals surface area contributed by atoms with Crippen molar-refractivity contribution in [3.05, 3.63) is 27.1 Å². The zero-order valence-electron chi connectivity index (χ0n) is 9.99. The SMILES string of the molecule is O=c1[nH]c(=S)c(F)cn1[C@@H]1O[C@H](CO)C(O)[C@]1(O)CF. The van der Waals surface area contributed by atoms with Crippen LogP contribution in [-0.4, -0.2) is 56.0 Å². The number of alkyl halides is 1. The van der Waals surface area contributed by atoms with Gasteiger partial charge in [-0.3, -0.25) is 9.55 Å². The molecule has 2 heterocycles. The second kappa shape index (κ2) is 5.30. The smallest absolute Gasteiger partial charge is 0.328 e. The van der Waals surface area contributed by atoms with Crippen LogP contribution in [0.25, 0.3) is 0 Å². The fourth-order valence-corrected chi connectivity index (χ4v) is 2.20. The fourth-order valence-electron chi connectivity index (χ4n) is 2.06. The van der Waals surface area contributed by atoms with Crippen LogP contribution in [0, 0.1) is 10.5 Å². The lowest BCUT2D eigenvalue weighted by atomic mass is 9.95. The van der Waals surface area contributed by atoms with Crippen LogP contribution in [-0.2, 0) is 4.74 Å². The van der Waals surface area contributed by atoms with Crippen molar-refractivity contribution in [1.29, 1.82) is 0 Å². The van der Waals surface area contributed by atoms with E-state index in [9.17, 15) is 23.8 Å². The summed E-state index contributed by atoms with van der Waals surface area (Å²) in [5.41, 5.74) is -3.43. The Bertz CT molecular complexity index is 620. The molecule has 20 heavy (non-hydrogen) atoms. The van der Waals surface area contributed by atoms with Crippen LogP contribution in [0.2, 0.25) is 0 Å². The van der Waals surface area contributed by atoms with Gasteiger partial charge in [0, 0.05) is 0 Å². The number of aromatic amines is 1. The summed E-state index contributed by atoms with van der Waals surface area (Å²) in [6.07, 6.45) is -4.15. The van der Waals surface area contributed by atoms with Gasteiger partial charge in [-0.2, -0.15) is 0 Å². The highest BCUT2D eigenvalue weighted by Gasteiger charge is 2.56. The summed E-state index contributed by atoms with van der Waals surface area (Å²) in [6, 6.07) is 0. The standard InChI is InChI=1S/C10H12F2N2O5S/c11-3-10(18)6(16)5(2-15)19-8(10)14-1-4(12)7(20)13-9(14)17/h1,5-6,8,15-16,18H,2-3H2,(H,13,17,20)/t5-,6?,8-,10-/m1/s1. The van der Waals surface area contributed by atoms with E-state index in [0.717, 1.165) is 0 Å². The molecule has 4 atom stereocenters. The van der Waals surface area contributed by atoms with Crippen LogP contribution in [0.15, 0.2) is 11.0 Å². The molecule has 0 saturated carbocycles. The number of ether oxygens (including phenoxy) is 1. The molecule has 4 N–H and O–H groups in total. The van der Waals surface area contributed by atoms with Gasteiger partial charge in [-0.05, 0) is 0 Å². The number of aromatic nitrogens is 2. The first-order valence-electron chi connectivity index (χ1n) is 5.59. The predicted molar refractivity (Wildman–Crippen MR) is 63.8 cm³/mol. The molecule has 0 bridgehead atoms. The van der Waals surface area contributed by atoms with Gasteiger partial charge in [-0.1, -0.05) is 12.2 Å². The third kappa shape index (κ3) is 2.19. The van der Waals surface area contributed by atoms with E-state index in [1.165, 1.54) is 0 Å². The van der Waals surface area contributed by atoms with E-state index < -0.39 is 53.5 Å². The van der Waals surface area contributed by atoms with Gasteiger partial charge in [0.25, 0.3) is 0 Å². The lowest BCUT2D eigenvalue weighted by molar-refractivity contribution is -0.121. The van der Waals surface area contributed by atoms with Crippen molar-refractivity contribution in [3.63, 3.8) is 0 Å². The van der Waals surface area contributed by atoms with Crippen molar-refractivity contribution < 1.29 is 28.8 Å². The van der Waals surface area contributed by atoms with E-state index in [1.807, 2.05) is 4.98 Å². The minimum atomic E-state index is -2.49. The molecule has 0 radical (unpaired) electrons. The Hall–Kier alpha value is -1.20. The highest BCUT2D eigenvalue weighted by Crippen LogP contribution is 2.38. The largest absolute Gasteiger partial charge is 0.394 e. The molecule has 0 aromatic carbocycles. The van der Waals surface area contributed by atoms with Gasteiger partial charge in [-0.25, -0.2) is 13.6 Å². The Morgan fingerprint density at radius 1 is 1.60 bits per heavy atom. The van der Waals surface area contributed by atoms with Gasteiger partial charge < -0.3 is 20.1 Å². The second-order valence-electron chi connectivity index (χ2n) is 4.42. The van der Waals surface area contributed by atoms with Crippen molar-refractivity contribution in [1.82, 2.24) is 9.55 Å². The molecular formula is C10H12F2N2O5S. The van der Waals surface area contributed by atoms with E-state index in [-0.39, 0.29) is 0 Å². The van der Waals surface area contributed by atoms with E-state index in [0.29, 0.717) is 10.8 Å². The Morgan fingerprint density at radius 2 is 2.25 bits per heavy atom. The van der Waals surface area contributed by atoms with E-state index in [1.54, 1.807) is 0 Å². The lowest BCUT2D eigenvalue weighted by Gasteiger charge is -2.28. The molecule has 7 nitrogen and oxygen atoms in total. The number of hydrogen-bond acceptors (Lipinski definition) is 6. The summed E-state index contributed by atoms with van der Waals surface area (Å²) >= 11 is 4.52. The van der Waals surface area contributed by atoms with Gasteiger partial charge in [0.15, 0.2) is 17.6 Å².